The third kappa shape index (κ3) is 5.56. The van der Waals surface area contributed by atoms with E-state index in [0.717, 1.165) is 11.3 Å². The molecule has 5 heteroatoms. The van der Waals surface area contributed by atoms with E-state index in [1.54, 1.807) is 13.1 Å². The van der Waals surface area contributed by atoms with Crippen LogP contribution in [0.2, 0.25) is 0 Å². The van der Waals surface area contributed by atoms with Gasteiger partial charge in [-0.2, -0.15) is 0 Å². The number of likely N-dealkylation sites (N-methyl/N-ethyl adjacent to an activating group) is 1. The topological polar surface area (TPSA) is 66.8 Å². The number of aliphatic carboxylic acids is 1. The molecule has 0 atom stereocenters. The van der Waals surface area contributed by atoms with Gasteiger partial charge >= 0.3 is 5.97 Å². The van der Waals surface area contributed by atoms with Gasteiger partial charge in [0.05, 0.1) is 13.0 Å². The molecule has 1 aromatic carbocycles. The minimum absolute atomic E-state index is 0.0564. The molecule has 0 aromatic heterocycles. The van der Waals surface area contributed by atoms with E-state index in [-0.39, 0.29) is 18.9 Å². The van der Waals surface area contributed by atoms with Gasteiger partial charge in [-0.1, -0.05) is 12.1 Å². The first-order valence-corrected chi connectivity index (χ1v) is 6.40. The Morgan fingerprint density at radius 1 is 1.30 bits per heavy atom. The molecule has 0 fully saturated rings. The number of hydrogen-bond acceptors (Lipinski definition) is 3. The van der Waals surface area contributed by atoms with Crippen molar-refractivity contribution in [3.63, 3.8) is 0 Å². The number of carbonyl (C=O) groups excluding carboxylic acids is 1. The van der Waals surface area contributed by atoms with Crippen LogP contribution < -0.4 is 4.74 Å². The van der Waals surface area contributed by atoms with E-state index in [9.17, 15) is 9.59 Å². The summed E-state index contributed by atoms with van der Waals surface area (Å²) in [5, 5.41) is 8.55. The van der Waals surface area contributed by atoms with Crippen LogP contribution in [0.3, 0.4) is 0 Å². The lowest BCUT2D eigenvalue weighted by Gasteiger charge is -2.13. The van der Waals surface area contributed by atoms with Crippen molar-refractivity contribution < 1.29 is 19.4 Å². The van der Waals surface area contributed by atoms with E-state index in [4.69, 9.17) is 9.84 Å². The monoisotopic (exact) mass is 277 g/mol. The summed E-state index contributed by atoms with van der Waals surface area (Å²) in [6, 6.07) is 7.38. The quantitative estimate of drug-likeness (QED) is 0.774. The molecule has 0 saturated carbocycles. The molecule has 0 aliphatic carbocycles. The van der Waals surface area contributed by atoms with Crippen LogP contribution in [0.1, 0.15) is 18.9 Å². The summed E-state index contributed by atoms with van der Waals surface area (Å²) in [6.07, 6.45) is 3.06. The van der Waals surface area contributed by atoms with Crippen LogP contribution in [0.15, 0.2) is 30.3 Å². The number of rotatable bonds is 7. The van der Waals surface area contributed by atoms with Crippen LogP contribution in [-0.2, 0) is 9.59 Å². The Kier molecular flexibility index (Phi) is 6.29. The van der Waals surface area contributed by atoms with Crippen LogP contribution in [0.25, 0.3) is 6.08 Å². The third-order valence-electron chi connectivity index (χ3n) is 2.65. The summed E-state index contributed by atoms with van der Waals surface area (Å²) in [5.74, 6) is -0.352. The van der Waals surface area contributed by atoms with E-state index in [2.05, 4.69) is 0 Å². The van der Waals surface area contributed by atoms with Crippen molar-refractivity contribution in [2.45, 2.75) is 13.3 Å². The van der Waals surface area contributed by atoms with Gasteiger partial charge in [-0.15, -0.1) is 0 Å². The van der Waals surface area contributed by atoms with Gasteiger partial charge in [-0.3, -0.25) is 9.59 Å². The van der Waals surface area contributed by atoms with Crippen LogP contribution in [0.4, 0.5) is 0 Å². The number of benzene rings is 1. The first kappa shape index (κ1) is 15.8. The minimum Gasteiger partial charge on any atom is -0.494 e. The van der Waals surface area contributed by atoms with Crippen molar-refractivity contribution in [1.29, 1.82) is 0 Å². The van der Waals surface area contributed by atoms with Crippen LogP contribution in [-0.4, -0.2) is 42.1 Å². The SMILES string of the molecule is CCOc1ccc(/C=C/C(=O)N(C)CCC(=O)O)cc1. The van der Waals surface area contributed by atoms with Gasteiger partial charge in [0.15, 0.2) is 0 Å². The molecule has 1 amide bonds. The number of ether oxygens (including phenoxy) is 1. The maximum atomic E-state index is 11.7. The predicted octanol–water partition coefficient (Wildman–Crippen LogP) is 2.03. The van der Waals surface area contributed by atoms with E-state index < -0.39 is 5.97 Å². The molecule has 0 aliphatic rings. The van der Waals surface area contributed by atoms with E-state index >= 15 is 0 Å². The molecule has 0 aliphatic heterocycles. The fourth-order valence-corrected chi connectivity index (χ4v) is 1.51. The second kappa shape index (κ2) is 7.99. The van der Waals surface area contributed by atoms with E-state index in [1.165, 1.54) is 11.0 Å². The van der Waals surface area contributed by atoms with Crippen molar-refractivity contribution in [3.8, 4) is 5.75 Å². The van der Waals surface area contributed by atoms with Gasteiger partial charge in [0.1, 0.15) is 5.75 Å². The Hall–Kier alpha value is -2.30. The smallest absolute Gasteiger partial charge is 0.305 e. The number of nitrogens with zero attached hydrogens (tertiary/aromatic N) is 1. The maximum Gasteiger partial charge on any atom is 0.305 e. The molecular weight excluding hydrogens is 258 g/mol. The standard InChI is InChI=1S/C15H19NO4/c1-3-20-13-7-4-12(5-8-13)6-9-14(17)16(2)11-10-15(18)19/h4-9H,3,10-11H2,1-2H3,(H,18,19)/b9-6+. The molecule has 0 unspecified atom stereocenters. The number of carboxylic acid groups (broad SMARTS) is 1. The molecule has 1 N–H and O–H groups in total. The zero-order valence-corrected chi connectivity index (χ0v) is 11.7. The number of amides is 1. The van der Waals surface area contributed by atoms with E-state index in [0.29, 0.717) is 6.61 Å². The zero-order chi connectivity index (χ0) is 15.0. The highest BCUT2D eigenvalue weighted by Gasteiger charge is 2.06. The first-order valence-electron chi connectivity index (χ1n) is 6.40. The Morgan fingerprint density at radius 3 is 2.50 bits per heavy atom. The number of carbonyl (C=O) groups is 2. The van der Waals surface area contributed by atoms with Gasteiger partial charge in [-0.25, -0.2) is 0 Å². The molecule has 5 nitrogen and oxygen atoms in total. The average molecular weight is 277 g/mol. The van der Waals surface area contributed by atoms with Gasteiger partial charge in [0.25, 0.3) is 0 Å². The predicted molar refractivity (Wildman–Crippen MR) is 76.5 cm³/mol. The second-order valence-electron chi connectivity index (χ2n) is 4.24. The highest BCUT2D eigenvalue weighted by Crippen LogP contribution is 2.13. The summed E-state index contributed by atoms with van der Waals surface area (Å²) in [4.78, 5) is 23.5. The van der Waals surface area contributed by atoms with Gasteiger partial charge < -0.3 is 14.7 Å². The largest absolute Gasteiger partial charge is 0.494 e. The van der Waals surface area contributed by atoms with Gasteiger partial charge in [0.2, 0.25) is 5.91 Å². The zero-order valence-electron chi connectivity index (χ0n) is 11.7. The Bertz CT molecular complexity index is 479. The number of carboxylic acids is 1. The molecule has 0 radical (unpaired) electrons. The summed E-state index contributed by atoms with van der Waals surface area (Å²) in [5.41, 5.74) is 0.883. The van der Waals surface area contributed by atoms with Crippen LogP contribution >= 0.6 is 0 Å². The lowest BCUT2D eigenvalue weighted by Crippen LogP contribution is -2.27. The fourth-order valence-electron chi connectivity index (χ4n) is 1.51. The summed E-state index contributed by atoms with van der Waals surface area (Å²) >= 11 is 0. The molecule has 1 aromatic rings. The molecule has 0 spiro atoms. The lowest BCUT2D eigenvalue weighted by molar-refractivity contribution is -0.137. The number of hydrogen-bond donors (Lipinski definition) is 1. The molecule has 0 heterocycles. The van der Waals surface area contributed by atoms with Crippen molar-refractivity contribution in [2.75, 3.05) is 20.2 Å². The molecular formula is C15H19NO4. The highest BCUT2D eigenvalue weighted by molar-refractivity contribution is 5.91. The summed E-state index contributed by atoms with van der Waals surface area (Å²) < 4.78 is 5.32. The van der Waals surface area contributed by atoms with Crippen molar-refractivity contribution >= 4 is 18.0 Å². The Morgan fingerprint density at radius 2 is 1.95 bits per heavy atom. The summed E-state index contributed by atoms with van der Waals surface area (Å²) in [6.45, 7) is 2.73. The Labute approximate surface area is 118 Å². The first-order chi connectivity index (χ1) is 9.52. The Balaban J connectivity index is 2.53. The van der Waals surface area contributed by atoms with Gasteiger partial charge in [-0.05, 0) is 30.7 Å². The van der Waals surface area contributed by atoms with Crippen molar-refractivity contribution in [3.05, 3.63) is 35.9 Å². The normalized spacial score (nSPS) is 10.5. The van der Waals surface area contributed by atoms with Crippen LogP contribution in [0.5, 0.6) is 5.75 Å². The maximum absolute atomic E-state index is 11.7. The fraction of sp³-hybridized carbons (Fsp3) is 0.333. The molecule has 108 valence electrons. The minimum atomic E-state index is -0.917. The lowest BCUT2D eigenvalue weighted by atomic mass is 10.2. The highest BCUT2D eigenvalue weighted by atomic mass is 16.5. The van der Waals surface area contributed by atoms with E-state index in [1.807, 2.05) is 31.2 Å². The third-order valence-corrected chi connectivity index (χ3v) is 2.65. The molecule has 20 heavy (non-hydrogen) atoms. The van der Waals surface area contributed by atoms with Gasteiger partial charge in [0, 0.05) is 19.7 Å². The second-order valence-corrected chi connectivity index (χ2v) is 4.24. The average Bonchev–Trinajstić information content (AvgIpc) is 2.44. The molecule has 0 bridgehead atoms. The summed E-state index contributed by atoms with van der Waals surface area (Å²) in [7, 11) is 1.58. The van der Waals surface area contributed by atoms with Crippen molar-refractivity contribution in [2.24, 2.45) is 0 Å². The van der Waals surface area contributed by atoms with Crippen molar-refractivity contribution in [1.82, 2.24) is 4.90 Å². The van der Waals surface area contributed by atoms with Crippen LogP contribution in [0, 0.1) is 0 Å². The molecule has 0 saturated heterocycles. The molecule has 1 rings (SSSR count).